The first-order valence-electron chi connectivity index (χ1n) is 6.86. The van der Waals surface area contributed by atoms with E-state index >= 15 is 0 Å². The summed E-state index contributed by atoms with van der Waals surface area (Å²) in [5.41, 5.74) is 3.66. The summed E-state index contributed by atoms with van der Waals surface area (Å²) in [5.74, 6) is -1.76. The van der Waals surface area contributed by atoms with Crippen LogP contribution in [0.25, 0.3) is 6.08 Å². The molecule has 1 aromatic carbocycles. The second-order valence-corrected chi connectivity index (χ2v) is 5.99. The van der Waals surface area contributed by atoms with E-state index < -0.39 is 28.4 Å². The molecule has 2 aromatic rings. The average molecular weight is 407 g/mol. The van der Waals surface area contributed by atoms with E-state index in [4.69, 9.17) is 5.73 Å². The zero-order chi connectivity index (χ0) is 18.9. The Morgan fingerprint density at radius 1 is 1.32 bits per heavy atom. The Balaban J connectivity index is 2.65. The predicted molar refractivity (Wildman–Crippen MR) is 93.4 cm³/mol. The molecule has 0 atom stereocenters. The van der Waals surface area contributed by atoms with Crippen LogP contribution in [0.1, 0.15) is 15.9 Å². The van der Waals surface area contributed by atoms with Crippen molar-refractivity contribution >= 4 is 33.6 Å². The van der Waals surface area contributed by atoms with Gasteiger partial charge in [0.1, 0.15) is 28.8 Å². The van der Waals surface area contributed by atoms with Crippen molar-refractivity contribution in [1.82, 2.24) is 9.13 Å². The number of Topliss-reactive ketones (excluding diaryl/α,β-unsaturated/α-hetero) is 1. The zero-order valence-corrected chi connectivity index (χ0v) is 14.8. The number of nitrogen functional groups attached to an aromatic ring is 1. The van der Waals surface area contributed by atoms with E-state index in [2.05, 4.69) is 15.9 Å². The monoisotopic (exact) mass is 406 g/mol. The van der Waals surface area contributed by atoms with Crippen LogP contribution in [0.5, 0.6) is 0 Å². The van der Waals surface area contributed by atoms with E-state index in [1.54, 1.807) is 6.07 Å². The van der Waals surface area contributed by atoms with Crippen LogP contribution in [0.15, 0.2) is 37.8 Å². The van der Waals surface area contributed by atoms with Crippen LogP contribution in [0.2, 0.25) is 0 Å². The number of carbonyl (C=O) groups excluding carboxylic acids is 1. The zero-order valence-electron chi connectivity index (χ0n) is 13.2. The average Bonchev–Trinajstić information content (AvgIpc) is 2.59. The number of hydrogen-bond acceptors (Lipinski definition) is 5. The lowest BCUT2D eigenvalue weighted by molar-refractivity contribution is 0.103. The first kappa shape index (κ1) is 18.4. The summed E-state index contributed by atoms with van der Waals surface area (Å²) in [6.45, 7) is 0. The Bertz CT molecular complexity index is 1080. The molecule has 0 radical (unpaired) electrons. The molecule has 7 nitrogen and oxygen atoms in total. The highest BCUT2D eigenvalue weighted by Crippen LogP contribution is 2.20. The fourth-order valence-corrected chi connectivity index (χ4v) is 2.52. The van der Waals surface area contributed by atoms with Gasteiger partial charge in [-0.3, -0.25) is 18.7 Å². The number of nitriles is 1. The number of anilines is 1. The number of allylic oxidation sites excluding steroid dienone is 1. The molecule has 25 heavy (non-hydrogen) atoms. The summed E-state index contributed by atoms with van der Waals surface area (Å²) in [7, 11) is 2.51. The molecule has 0 amide bonds. The number of hydrogen-bond donors (Lipinski definition) is 1. The van der Waals surface area contributed by atoms with E-state index in [-0.39, 0.29) is 15.9 Å². The number of nitrogens with two attached hydrogens (primary N) is 1. The third kappa shape index (κ3) is 3.29. The van der Waals surface area contributed by atoms with E-state index in [1.807, 2.05) is 0 Å². The number of ketones is 1. The largest absolute Gasteiger partial charge is 0.384 e. The lowest BCUT2D eigenvalue weighted by atomic mass is 10.0. The number of aromatic nitrogens is 2. The quantitative estimate of drug-likeness (QED) is 0.469. The van der Waals surface area contributed by atoms with Crippen molar-refractivity contribution in [3.63, 3.8) is 0 Å². The molecule has 0 unspecified atom stereocenters. The SMILES string of the molecule is Cn1c(N)c(C(=O)/C(C#N)=C/c2ccc(F)c(Br)c2)c(=O)n(C)c1=O. The van der Waals surface area contributed by atoms with Gasteiger partial charge in [0.05, 0.1) is 4.47 Å². The number of rotatable bonds is 3. The van der Waals surface area contributed by atoms with Crippen molar-refractivity contribution in [3.05, 3.63) is 66.0 Å². The third-order valence-electron chi connectivity index (χ3n) is 3.56. The van der Waals surface area contributed by atoms with Crippen molar-refractivity contribution < 1.29 is 9.18 Å². The number of benzene rings is 1. The minimum atomic E-state index is -0.920. The van der Waals surface area contributed by atoms with Crippen molar-refractivity contribution in [2.75, 3.05) is 5.73 Å². The van der Waals surface area contributed by atoms with E-state index in [0.717, 1.165) is 15.2 Å². The van der Waals surface area contributed by atoms with Crippen molar-refractivity contribution in [3.8, 4) is 6.07 Å². The minimum absolute atomic E-state index is 0.156. The van der Waals surface area contributed by atoms with Gasteiger partial charge < -0.3 is 5.73 Å². The van der Waals surface area contributed by atoms with Crippen LogP contribution in [0.4, 0.5) is 10.2 Å². The Morgan fingerprint density at radius 3 is 2.52 bits per heavy atom. The molecule has 0 aliphatic heterocycles. The number of carbonyl (C=O) groups is 1. The van der Waals surface area contributed by atoms with Crippen LogP contribution in [0, 0.1) is 17.1 Å². The van der Waals surface area contributed by atoms with Gasteiger partial charge in [0.25, 0.3) is 5.56 Å². The van der Waals surface area contributed by atoms with Gasteiger partial charge in [-0.15, -0.1) is 0 Å². The highest BCUT2D eigenvalue weighted by molar-refractivity contribution is 9.10. The Labute approximate surface area is 149 Å². The van der Waals surface area contributed by atoms with E-state index in [1.165, 1.54) is 32.3 Å². The highest BCUT2D eigenvalue weighted by atomic mass is 79.9. The molecule has 2 rings (SSSR count). The molecule has 0 bridgehead atoms. The maximum absolute atomic E-state index is 13.3. The molecule has 0 spiro atoms. The summed E-state index contributed by atoms with van der Waals surface area (Å²) in [4.78, 5) is 36.6. The Hall–Kier alpha value is -2.99. The van der Waals surface area contributed by atoms with Crippen LogP contribution < -0.4 is 17.0 Å². The fourth-order valence-electron chi connectivity index (χ4n) is 2.13. The lowest BCUT2D eigenvalue weighted by Gasteiger charge is -2.10. The Kier molecular flexibility index (Phi) is 5.04. The molecule has 0 saturated heterocycles. The van der Waals surface area contributed by atoms with Crippen LogP contribution in [0.3, 0.4) is 0 Å². The topological polar surface area (TPSA) is 111 Å². The summed E-state index contributed by atoms with van der Waals surface area (Å²) in [6, 6.07) is 5.61. The van der Waals surface area contributed by atoms with Gasteiger partial charge in [0.15, 0.2) is 0 Å². The first-order chi connectivity index (χ1) is 11.7. The van der Waals surface area contributed by atoms with Gasteiger partial charge in [0, 0.05) is 14.1 Å². The lowest BCUT2D eigenvalue weighted by Crippen LogP contribution is -2.41. The molecule has 2 N–H and O–H groups in total. The van der Waals surface area contributed by atoms with Gasteiger partial charge in [-0.2, -0.15) is 5.26 Å². The molecule has 0 saturated carbocycles. The van der Waals surface area contributed by atoms with Crippen LogP contribution in [-0.2, 0) is 14.1 Å². The first-order valence-corrected chi connectivity index (χ1v) is 7.65. The smallest absolute Gasteiger partial charge is 0.332 e. The molecule has 9 heteroatoms. The number of halogens is 2. The van der Waals surface area contributed by atoms with Crippen molar-refractivity contribution in [2.45, 2.75) is 0 Å². The summed E-state index contributed by atoms with van der Waals surface area (Å²) < 4.78 is 15.1. The van der Waals surface area contributed by atoms with Gasteiger partial charge in [-0.1, -0.05) is 6.07 Å². The van der Waals surface area contributed by atoms with Gasteiger partial charge in [-0.25, -0.2) is 9.18 Å². The third-order valence-corrected chi connectivity index (χ3v) is 4.16. The van der Waals surface area contributed by atoms with Crippen molar-refractivity contribution in [2.24, 2.45) is 14.1 Å². The molecular formula is C16H12BrFN4O3. The van der Waals surface area contributed by atoms with E-state index in [0.29, 0.717) is 5.56 Å². The van der Waals surface area contributed by atoms with Gasteiger partial charge in [-0.05, 0) is 39.7 Å². The normalized spacial score (nSPS) is 11.2. The summed E-state index contributed by atoms with van der Waals surface area (Å²) >= 11 is 3.01. The molecule has 1 aromatic heterocycles. The van der Waals surface area contributed by atoms with E-state index in [9.17, 15) is 24.0 Å². The molecule has 0 fully saturated rings. The standard InChI is InChI=1S/C16H12BrFN4O3/c1-21-14(20)12(15(24)22(2)16(21)25)13(23)9(7-19)5-8-3-4-11(18)10(17)6-8/h3-6H,20H2,1-2H3/b9-5+. The predicted octanol–water partition coefficient (Wildman–Crippen LogP) is 1.36. The Morgan fingerprint density at radius 2 is 1.96 bits per heavy atom. The maximum atomic E-state index is 13.3. The molecular weight excluding hydrogens is 395 g/mol. The maximum Gasteiger partial charge on any atom is 0.332 e. The highest BCUT2D eigenvalue weighted by Gasteiger charge is 2.23. The van der Waals surface area contributed by atoms with Gasteiger partial charge >= 0.3 is 5.69 Å². The summed E-state index contributed by atoms with van der Waals surface area (Å²) in [5, 5.41) is 9.27. The fraction of sp³-hybridized carbons (Fsp3) is 0.125. The minimum Gasteiger partial charge on any atom is -0.384 e. The van der Waals surface area contributed by atoms with Crippen molar-refractivity contribution in [1.29, 1.82) is 5.26 Å². The van der Waals surface area contributed by atoms with Crippen LogP contribution >= 0.6 is 15.9 Å². The second kappa shape index (κ2) is 6.86. The second-order valence-electron chi connectivity index (χ2n) is 5.14. The molecule has 1 heterocycles. The van der Waals surface area contributed by atoms with Crippen LogP contribution in [-0.4, -0.2) is 14.9 Å². The molecule has 128 valence electrons. The molecule has 0 aliphatic carbocycles. The molecule has 0 aliphatic rings. The number of nitrogens with zero attached hydrogens (tertiary/aromatic N) is 3. The summed E-state index contributed by atoms with van der Waals surface area (Å²) in [6.07, 6.45) is 1.20. The van der Waals surface area contributed by atoms with Gasteiger partial charge in [0.2, 0.25) is 5.78 Å².